The Morgan fingerprint density at radius 3 is 2.48 bits per heavy atom. The van der Waals surface area contributed by atoms with E-state index in [1.165, 1.54) is 5.01 Å². The molecule has 11 heteroatoms. The number of piperazine rings is 1. The molecule has 236 valence electrons. The summed E-state index contributed by atoms with van der Waals surface area (Å²) >= 11 is 12.2. The van der Waals surface area contributed by atoms with E-state index in [0.717, 1.165) is 27.5 Å². The molecule has 46 heavy (non-hydrogen) atoms. The number of halogens is 2. The van der Waals surface area contributed by atoms with Crippen LogP contribution in [0.2, 0.25) is 10.0 Å². The Kier molecular flexibility index (Phi) is 9.17. The van der Waals surface area contributed by atoms with Crippen molar-refractivity contribution in [1.82, 2.24) is 25.1 Å². The van der Waals surface area contributed by atoms with Crippen LogP contribution < -0.4 is 11.1 Å². The molecule has 4 aromatic rings. The van der Waals surface area contributed by atoms with E-state index in [1.54, 1.807) is 51.2 Å². The molecule has 0 radical (unpaired) electrons. The molecule has 2 fully saturated rings. The number of nitrogen functional groups attached to an aromatic ring is 1. The fourth-order valence-corrected chi connectivity index (χ4v) is 6.57. The van der Waals surface area contributed by atoms with Gasteiger partial charge in [0.2, 0.25) is 11.8 Å². The Morgan fingerprint density at radius 2 is 1.72 bits per heavy atom. The van der Waals surface area contributed by atoms with Crippen molar-refractivity contribution in [3.8, 4) is 0 Å². The number of hydrazine groups is 1. The molecule has 9 nitrogen and oxygen atoms in total. The van der Waals surface area contributed by atoms with Crippen molar-refractivity contribution in [2.45, 2.75) is 31.7 Å². The third kappa shape index (κ3) is 6.39. The largest absolute Gasteiger partial charge is 0.399 e. The number of nitrogens with one attached hydrogen (secondary N) is 1. The van der Waals surface area contributed by atoms with Gasteiger partial charge in [0, 0.05) is 25.2 Å². The van der Waals surface area contributed by atoms with Crippen LogP contribution in [0.15, 0.2) is 97.6 Å². The van der Waals surface area contributed by atoms with E-state index in [0.29, 0.717) is 28.7 Å². The molecule has 4 amide bonds. The van der Waals surface area contributed by atoms with Crippen LogP contribution in [-0.2, 0) is 29.1 Å². The minimum atomic E-state index is -0.764. The Labute approximate surface area is 277 Å². The minimum absolute atomic E-state index is 0.0632. The predicted molar refractivity (Wildman–Crippen MR) is 181 cm³/mol. The lowest BCUT2D eigenvalue weighted by molar-refractivity contribution is -0.157. The SMILES string of the molecule is C=CCN(C(=O)NCc1ccc(Cl)c(Cl)c1)N1CC(=O)N2[C@@H](Cc3ccc(N)cc3)C(=O)N(Cc3cccc4ccccc34)C[C@@H]21. The van der Waals surface area contributed by atoms with E-state index in [9.17, 15) is 14.4 Å². The van der Waals surface area contributed by atoms with Crippen molar-refractivity contribution in [2.24, 2.45) is 0 Å². The third-order valence-electron chi connectivity index (χ3n) is 8.49. The fourth-order valence-electron chi connectivity index (χ4n) is 6.25. The Balaban J connectivity index is 1.31. The highest BCUT2D eigenvalue weighted by Gasteiger charge is 2.52. The molecular formula is C35H34Cl2N6O3. The zero-order valence-electron chi connectivity index (χ0n) is 25.1. The fraction of sp³-hybridized carbons (Fsp3) is 0.229. The highest BCUT2D eigenvalue weighted by Crippen LogP contribution is 2.31. The number of benzene rings is 4. The Bertz CT molecular complexity index is 1790. The highest BCUT2D eigenvalue weighted by atomic mass is 35.5. The van der Waals surface area contributed by atoms with Crippen LogP contribution in [0.25, 0.3) is 10.8 Å². The van der Waals surface area contributed by atoms with E-state index in [2.05, 4.69) is 11.9 Å². The third-order valence-corrected chi connectivity index (χ3v) is 9.23. The van der Waals surface area contributed by atoms with E-state index in [1.807, 2.05) is 54.6 Å². The van der Waals surface area contributed by atoms with E-state index >= 15 is 0 Å². The zero-order chi connectivity index (χ0) is 32.4. The number of amides is 4. The summed E-state index contributed by atoms with van der Waals surface area (Å²) in [6.45, 7) is 4.73. The minimum Gasteiger partial charge on any atom is -0.399 e. The van der Waals surface area contributed by atoms with Gasteiger partial charge in [-0.2, -0.15) is 5.01 Å². The first-order valence-corrected chi connectivity index (χ1v) is 15.8. The van der Waals surface area contributed by atoms with Crippen molar-refractivity contribution in [1.29, 1.82) is 0 Å². The van der Waals surface area contributed by atoms with Gasteiger partial charge >= 0.3 is 6.03 Å². The normalized spacial score (nSPS) is 18.1. The molecule has 0 saturated carbocycles. The number of carbonyl (C=O) groups excluding carboxylic acids is 3. The standard InChI is InChI=1S/C35H34Cl2N6O3/c1-2-16-41(35(46)39-19-24-12-15-29(36)30(37)17-24)42-22-33(44)43-31(18-23-10-13-27(38)14-11-23)34(45)40(21-32(42)43)20-26-8-5-7-25-6-3-4-9-28(25)26/h2-15,17,31-32H,1,16,18-22,38H2,(H,39,46)/t31-,32+/m0/s1. The van der Waals surface area contributed by atoms with Gasteiger partial charge in [-0.25, -0.2) is 4.79 Å². The number of hydrogen-bond acceptors (Lipinski definition) is 5. The maximum atomic E-state index is 14.2. The van der Waals surface area contributed by atoms with Crippen LogP contribution in [0.5, 0.6) is 0 Å². The molecule has 0 aliphatic carbocycles. The molecule has 0 aromatic heterocycles. The molecule has 2 saturated heterocycles. The summed E-state index contributed by atoms with van der Waals surface area (Å²) in [5.41, 5.74) is 9.19. The van der Waals surface area contributed by atoms with Gasteiger partial charge in [0.1, 0.15) is 12.2 Å². The van der Waals surface area contributed by atoms with Crippen LogP contribution in [-0.4, -0.2) is 69.5 Å². The van der Waals surface area contributed by atoms with E-state index in [-0.39, 0.29) is 38.0 Å². The number of carbonyl (C=O) groups is 3. The molecule has 2 heterocycles. The number of urea groups is 1. The zero-order valence-corrected chi connectivity index (χ0v) is 26.6. The monoisotopic (exact) mass is 656 g/mol. The van der Waals surface area contributed by atoms with Crippen molar-refractivity contribution >= 4 is 57.5 Å². The lowest BCUT2D eigenvalue weighted by Crippen LogP contribution is -2.66. The van der Waals surface area contributed by atoms with Crippen molar-refractivity contribution in [3.05, 3.63) is 124 Å². The first-order valence-electron chi connectivity index (χ1n) is 15.0. The molecule has 0 bridgehead atoms. The highest BCUT2D eigenvalue weighted by molar-refractivity contribution is 6.42. The van der Waals surface area contributed by atoms with Crippen molar-refractivity contribution in [3.63, 3.8) is 0 Å². The lowest BCUT2D eigenvalue weighted by atomic mass is 9.99. The smallest absolute Gasteiger partial charge is 0.332 e. The first kappa shape index (κ1) is 31.4. The van der Waals surface area contributed by atoms with Crippen LogP contribution in [0.3, 0.4) is 0 Å². The maximum absolute atomic E-state index is 14.2. The number of fused-ring (bicyclic) bond motifs is 2. The van der Waals surface area contributed by atoms with Crippen LogP contribution in [0, 0.1) is 0 Å². The van der Waals surface area contributed by atoms with Crippen LogP contribution in [0.4, 0.5) is 10.5 Å². The quantitative estimate of drug-likeness (QED) is 0.184. The number of anilines is 1. The Hall–Kier alpha value is -4.57. The molecule has 0 spiro atoms. The summed E-state index contributed by atoms with van der Waals surface area (Å²) in [7, 11) is 0. The topological polar surface area (TPSA) is 102 Å². The van der Waals surface area contributed by atoms with Crippen molar-refractivity contribution < 1.29 is 14.4 Å². The van der Waals surface area contributed by atoms with Gasteiger partial charge in [0.25, 0.3) is 0 Å². The lowest BCUT2D eigenvalue weighted by Gasteiger charge is -2.46. The van der Waals surface area contributed by atoms with Gasteiger partial charge in [-0.15, -0.1) is 6.58 Å². The van der Waals surface area contributed by atoms with Crippen LogP contribution >= 0.6 is 23.2 Å². The predicted octanol–water partition coefficient (Wildman–Crippen LogP) is 5.47. The molecule has 4 aromatic carbocycles. The summed E-state index contributed by atoms with van der Waals surface area (Å²) in [6.07, 6.45) is 1.35. The maximum Gasteiger partial charge on any atom is 0.332 e. The van der Waals surface area contributed by atoms with Gasteiger partial charge < -0.3 is 20.9 Å². The summed E-state index contributed by atoms with van der Waals surface area (Å²) in [6, 6.07) is 25.4. The first-order chi connectivity index (χ1) is 22.2. The van der Waals surface area contributed by atoms with E-state index < -0.39 is 18.2 Å². The number of rotatable bonds is 9. The second-order valence-electron chi connectivity index (χ2n) is 11.5. The summed E-state index contributed by atoms with van der Waals surface area (Å²) in [5, 5.41) is 9.11. The number of hydrogen-bond donors (Lipinski definition) is 2. The van der Waals surface area contributed by atoms with Crippen LogP contribution in [0.1, 0.15) is 16.7 Å². The average Bonchev–Trinajstić information content (AvgIpc) is 3.38. The molecule has 2 aliphatic rings. The molecule has 6 rings (SSSR count). The molecule has 2 atom stereocenters. The molecule has 0 unspecified atom stereocenters. The van der Waals surface area contributed by atoms with Gasteiger partial charge in [-0.1, -0.05) is 89.9 Å². The number of nitrogens with two attached hydrogens (primary N) is 1. The second-order valence-corrected chi connectivity index (χ2v) is 12.3. The molecule has 3 N–H and O–H groups in total. The number of nitrogens with zero attached hydrogens (tertiary/aromatic N) is 4. The van der Waals surface area contributed by atoms with Gasteiger partial charge in [-0.05, 0) is 51.7 Å². The average molecular weight is 658 g/mol. The van der Waals surface area contributed by atoms with E-state index in [4.69, 9.17) is 28.9 Å². The van der Waals surface area contributed by atoms with Crippen molar-refractivity contribution in [2.75, 3.05) is 25.4 Å². The molecular weight excluding hydrogens is 623 g/mol. The Morgan fingerprint density at radius 1 is 0.978 bits per heavy atom. The van der Waals surface area contributed by atoms with Gasteiger partial charge in [0.15, 0.2) is 0 Å². The van der Waals surface area contributed by atoms with Gasteiger partial charge in [-0.3, -0.25) is 14.6 Å². The second kappa shape index (κ2) is 13.4. The summed E-state index contributed by atoms with van der Waals surface area (Å²) in [5.74, 6) is -0.370. The summed E-state index contributed by atoms with van der Waals surface area (Å²) < 4.78 is 0. The van der Waals surface area contributed by atoms with Gasteiger partial charge in [0.05, 0.1) is 29.7 Å². The molecule has 2 aliphatic heterocycles. The summed E-state index contributed by atoms with van der Waals surface area (Å²) in [4.78, 5) is 45.1.